The molecular formula is C12H24Si. The van der Waals surface area contributed by atoms with E-state index in [0.29, 0.717) is 0 Å². The molecule has 0 saturated carbocycles. The summed E-state index contributed by atoms with van der Waals surface area (Å²) in [6.45, 7) is 9.94. The van der Waals surface area contributed by atoms with Gasteiger partial charge in [0, 0.05) is 0 Å². The van der Waals surface area contributed by atoms with E-state index in [2.05, 4.69) is 27.7 Å². The largest absolute Gasteiger partial charge is 0.0625 e. The molecule has 0 radical (unpaired) electrons. The molecule has 2 fully saturated rings. The summed E-state index contributed by atoms with van der Waals surface area (Å²) in [7, 11) is -0.721. The Hall–Kier alpha value is 0.217. The average molecular weight is 196 g/mol. The van der Waals surface area contributed by atoms with Gasteiger partial charge in [-0.05, 0) is 23.7 Å². The van der Waals surface area contributed by atoms with Crippen LogP contribution in [0.2, 0.25) is 24.2 Å². The van der Waals surface area contributed by atoms with Crippen molar-refractivity contribution in [2.24, 2.45) is 23.7 Å². The summed E-state index contributed by atoms with van der Waals surface area (Å²) in [5.41, 5.74) is 0. The molecular weight excluding hydrogens is 172 g/mol. The first-order valence-corrected chi connectivity index (χ1v) is 8.85. The van der Waals surface area contributed by atoms with E-state index >= 15 is 0 Å². The highest BCUT2D eigenvalue weighted by molar-refractivity contribution is 6.81. The molecule has 1 heteroatoms. The van der Waals surface area contributed by atoms with Gasteiger partial charge in [-0.15, -0.1) is 0 Å². The molecule has 0 aromatic carbocycles. The SMILES string of the molecule is CC1C[Si]2(CC1C)CC(C)C(C)C2. The molecule has 0 aromatic heterocycles. The quantitative estimate of drug-likeness (QED) is 0.514. The Labute approximate surface area is 84.1 Å². The molecule has 4 unspecified atom stereocenters. The minimum absolute atomic E-state index is 0.721. The first kappa shape index (κ1) is 9.76. The van der Waals surface area contributed by atoms with Gasteiger partial charge in [-0.2, -0.15) is 0 Å². The first-order valence-electron chi connectivity index (χ1n) is 6.02. The molecule has 4 atom stereocenters. The third-order valence-electron chi connectivity index (χ3n) is 4.96. The Kier molecular flexibility index (Phi) is 2.34. The second kappa shape index (κ2) is 3.11. The lowest BCUT2D eigenvalue weighted by atomic mass is 10.0. The Morgan fingerprint density at radius 3 is 1.08 bits per heavy atom. The van der Waals surface area contributed by atoms with Crippen molar-refractivity contribution in [1.82, 2.24) is 0 Å². The van der Waals surface area contributed by atoms with Crippen LogP contribution in [-0.4, -0.2) is 8.07 Å². The van der Waals surface area contributed by atoms with Crippen molar-refractivity contribution >= 4 is 8.07 Å². The van der Waals surface area contributed by atoms with Gasteiger partial charge >= 0.3 is 0 Å². The van der Waals surface area contributed by atoms with Crippen LogP contribution in [0.15, 0.2) is 0 Å². The maximum atomic E-state index is 2.49. The smallest absolute Gasteiger partial charge is 0.0546 e. The summed E-state index contributed by atoms with van der Waals surface area (Å²) >= 11 is 0. The van der Waals surface area contributed by atoms with E-state index in [-0.39, 0.29) is 0 Å². The van der Waals surface area contributed by atoms with Crippen molar-refractivity contribution in [2.45, 2.75) is 51.9 Å². The Bertz CT molecular complexity index is 154. The monoisotopic (exact) mass is 196 g/mol. The number of rotatable bonds is 0. The summed E-state index contributed by atoms with van der Waals surface area (Å²) in [5.74, 6) is 4.18. The average Bonchev–Trinajstić information content (AvgIpc) is 2.39. The van der Waals surface area contributed by atoms with Gasteiger partial charge in [-0.1, -0.05) is 51.9 Å². The van der Waals surface area contributed by atoms with E-state index < -0.39 is 8.07 Å². The van der Waals surface area contributed by atoms with Gasteiger partial charge < -0.3 is 0 Å². The first-order chi connectivity index (χ1) is 6.02. The fourth-order valence-electron chi connectivity index (χ4n) is 4.04. The maximum Gasteiger partial charge on any atom is 0.0546 e. The van der Waals surface area contributed by atoms with Crippen molar-refractivity contribution in [2.75, 3.05) is 0 Å². The number of hydrogen-bond acceptors (Lipinski definition) is 0. The standard InChI is InChI=1S/C12H24Si/c1-9-5-13(6-10(9)2)7-11(3)12(4)8-13/h9-12H,5-8H2,1-4H3. The second-order valence-corrected chi connectivity index (χ2v) is 10.9. The molecule has 0 aromatic rings. The lowest BCUT2D eigenvalue weighted by Crippen LogP contribution is -2.26. The zero-order valence-electron chi connectivity index (χ0n) is 9.64. The Morgan fingerprint density at radius 2 is 0.846 bits per heavy atom. The van der Waals surface area contributed by atoms with Crippen LogP contribution < -0.4 is 0 Å². The van der Waals surface area contributed by atoms with Gasteiger partial charge in [0.15, 0.2) is 0 Å². The van der Waals surface area contributed by atoms with Gasteiger partial charge in [0.25, 0.3) is 0 Å². The van der Waals surface area contributed by atoms with Crippen LogP contribution in [0.4, 0.5) is 0 Å². The summed E-state index contributed by atoms with van der Waals surface area (Å²) in [6.07, 6.45) is 0. The van der Waals surface area contributed by atoms with E-state index in [0.717, 1.165) is 23.7 Å². The van der Waals surface area contributed by atoms with Crippen molar-refractivity contribution in [3.05, 3.63) is 0 Å². The predicted molar refractivity (Wildman–Crippen MR) is 61.6 cm³/mol. The third kappa shape index (κ3) is 1.60. The lowest BCUT2D eigenvalue weighted by Gasteiger charge is -2.20. The van der Waals surface area contributed by atoms with Gasteiger partial charge in [-0.3, -0.25) is 0 Å². The van der Waals surface area contributed by atoms with E-state index in [4.69, 9.17) is 0 Å². The van der Waals surface area contributed by atoms with Crippen LogP contribution >= 0.6 is 0 Å². The van der Waals surface area contributed by atoms with E-state index in [1.807, 2.05) is 0 Å². The van der Waals surface area contributed by atoms with Crippen LogP contribution in [0.3, 0.4) is 0 Å². The highest BCUT2D eigenvalue weighted by atomic mass is 28.3. The molecule has 2 rings (SSSR count). The molecule has 2 aliphatic heterocycles. The number of hydrogen-bond donors (Lipinski definition) is 0. The van der Waals surface area contributed by atoms with Crippen LogP contribution in [0.25, 0.3) is 0 Å². The van der Waals surface area contributed by atoms with Crippen LogP contribution in [-0.2, 0) is 0 Å². The molecule has 0 nitrogen and oxygen atoms in total. The molecule has 0 N–H and O–H groups in total. The van der Waals surface area contributed by atoms with Crippen molar-refractivity contribution in [1.29, 1.82) is 0 Å². The van der Waals surface area contributed by atoms with Crippen molar-refractivity contribution < 1.29 is 0 Å². The third-order valence-corrected chi connectivity index (χ3v) is 11.0. The van der Waals surface area contributed by atoms with E-state index in [1.165, 1.54) is 0 Å². The zero-order chi connectivity index (χ0) is 9.64. The van der Waals surface area contributed by atoms with Gasteiger partial charge in [0.1, 0.15) is 0 Å². The van der Waals surface area contributed by atoms with E-state index in [9.17, 15) is 0 Å². The molecule has 2 saturated heterocycles. The summed E-state index contributed by atoms with van der Waals surface area (Å²) in [4.78, 5) is 0. The molecule has 0 bridgehead atoms. The highest BCUT2D eigenvalue weighted by Crippen LogP contribution is 2.52. The topological polar surface area (TPSA) is 0 Å². The summed E-state index contributed by atoms with van der Waals surface area (Å²) in [6, 6.07) is 6.62. The summed E-state index contributed by atoms with van der Waals surface area (Å²) in [5, 5.41) is 0. The normalized spacial score (nSPS) is 56.3. The van der Waals surface area contributed by atoms with Crippen LogP contribution in [0, 0.1) is 23.7 Å². The molecule has 0 amide bonds. The minimum Gasteiger partial charge on any atom is -0.0625 e. The zero-order valence-corrected chi connectivity index (χ0v) is 10.6. The molecule has 2 aliphatic rings. The Balaban J connectivity index is 2.08. The predicted octanol–water partition coefficient (Wildman–Crippen LogP) is 4.01. The highest BCUT2D eigenvalue weighted by Gasteiger charge is 2.49. The van der Waals surface area contributed by atoms with E-state index in [1.54, 1.807) is 24.2 Å². The fraction of sp³-hybridized carbons (Fsp3) is 1.00. The lowest BCUT2D eigenvalue weighted by molar-refractivity contribution is 0.486. The molecule has 1 spiro atoms. The molecule has 2 heterocycles. The van der Waals surface area contributed by atoms with Crippen molar-refractivity contribution in [3.63, 3.8) is 0 Å². The minimum atomic E-state index is -0.721. The molecule has 0 aliphatic carbocycles. The van der Waals surface area contributed by atoms with Crippen LogP contribution in [0.5, 0.6) is 0 Å². The fourth-order valence-corrected chi connectivity index (χ4v) is 12.1. The second-order valence-electron chi connectivity index (χ2n) is 6.23. The van der Waals surface area contributed by atoms with Gasteiger partial charge in [-0.25, -0.2) is 0 Å². The van der Waals surface area contributed by atoms with Crippen LogP contribution in [0.1, 0.15) is 27.7 Å². The van der Waals surface area contributed by atoms with Gasteiger partial charge in [0.05, 0.1) is 8.07 Å². The maximum absolute atomic E-state index is 2.49. The van der Waals surface area contributed by atoms with Gasteiger partial charge in [0.2, 0.25) is 0 Å². The summed E-state index contributed by atoms with van der Waals surface area (Å²) < 4.78 is 0. The molecule has 76 valence electrons. The molecule has 13 heavy (non-hydrogen) atoms. The van der Waals surface area contributed by atoms with Crippen molar-refractivity contribution in [3.8, 4) is 0 Å². The Morgan fingerprint density at radius 1 is 0.615 bits per heavy atom.